The van der Waals surface area contributed by atoms with Crippen LogP contribution in [0.2, 0.25) is 0 Å². The Balaban J connectivity index is 1.69. The van der Waals surface area contributed by atoms with Crippen LogP contribution in [0.25, 0.3) is 0 Å². The van der Waals surface area contributed by atoms with Gasteiger partial charge in [-0.15, -0.1) is 11.8 Å². The maximum atomic E-state index is 12.4. The normalized spacial score (nSPS) is 15.6. The Morgan fingerprint density at radius 2 is 1.88 bits per heavy atom. The van der Waals surface area contributed by atoms with Crippen molar-refractivity contribution in [3.63, 3.8) is 0 Å². The van der Waals surface area contributed by atoms with Crippen LogP contribution in [0.15, 0.2) is 53.4 Å². The second-order valence-electron chi connectivity index (χ2n) is 5.61. The number of para-hydroxylation sites is 2. The topological polar surface area (TPSA) is 84.5 Å². The maximum Gasteiger partial charge on any atom is 0.340 e. The summed E-state index contributed by atoms with van der Waals surface area (Å²) in [7, 11) is 0. The highest BCUT2D eigenvalue weighted by Crippen LogP contribution is 2.36. The molecule has 2 N–H and O–H groups in total. The molecule has 2 aromatic carbocycles. The first-order valence-corrected chi connectivity index (χ1v) is 9.09. The Morgan fingerprint density at radius 1 is 1.15 bits per heavy atom. The van der Waals surface area contributed by atoms with Crippen LogP contribution in [-0.2, 0) is 14.3 Å². The smallest absolute Gasteiger partial charge is 0.340 e. The molecule has 1 aliphatic heterocycles. The molecule has 26 heavy (non-hydrogen) atoms. The lowest BCUT2D eigenvalue weighted by atomic mass is 10.1. The number of rotatable bonds is 5. The number of thioether (sulfide) groups is 1. The van der Waals surface area contributed by atoms with Crippen LogP contribution in [0.4, 0.5) is 11.4 Å². The van der Waals surface area contributed by atoms with E-state index in [2.05, 4.69) is 10.6 Å². The molecule has 0 saturated carbocycles. The first-order valence-electron chi connectivity index (χ1n) is 8.21. The largest absolute Gasteiger partial charge is 0.462 e. The number of benzene rings is 2. The molecule has 7 heteroatoms. The number of anilines is 2. The third kappa shape index (κ3) is 4.05. The quantitative estimate of drug-likeness (QED) is 0.789. The first-order chi connectivity index (χ1) is 12.6. The minimum atomic E-state index is -0.528. The zero-order chi connectivity index (χ0) is 18.5. The van der Waals surface area contributed by atoms with Crippen LogP contribution in [0, 0.1) is 0 Å². The number of amides is 2. The van der Waals surface area contributed by atoms with E-state index < -0.39 is 11.2 Å². The van der Waals surface area contributed by atoms with Crippen molar-refractivity contribution >= 4 is 40.9 Å². The fourth-order valence-corrected chi connectivity index (χ4v) is 3.69. The molecular formula is C19H18N2O4S. The van der Waals surface area contributed by atoms with Crippen LogP contribution >= 0.6 is 11.8 Å². The second-order valence-corrected chi connectivity index (χ2v) is 6.85. The van der Waals surface area contributed by atoms with Crippen molar-refractivity contribution in [2.75, 3.05) is 17.2 Å². The fraction of sp³-hybridized carbons (Fsp3) is 0.211. The van der Waals surface area contributed by atoms with E-state index in [0.717, 1.165) is 10.6 Å². The summed E-state index contributed by atoms with van der Waals surface area (Å²) in [4.78, 5) is 37.5. The summed E-state index contributed by atoms with van der Waals surface area (Å²) >= 11 is 1.36. The van der Waals surface area contributed by atoms with Crippen LogP contribution in [-0.4, -0.2) is 29.6 Å². The minimum Gasteiger partial charge on any atom is -0.462 e. The molecule has 0 bridgehead atoms. The fourth-order valence-electron chi connectivity index (χ4n) is 2.58. The molecule has 0 aromatic heterocycles. The van der Waals surface area contributed by atoms with Gasteiger partial charge in [0.05, 0.1) is 28.8 Å². The zero-order valence-corrected chi connectivity index (χ0v) is 15.0. The lowest BCUT2D eigenvalue weighted by molar-refractivity contribution is -0.120. The lowest BCUT2D eigenvalue weighted by Gasteiger charge is -2.23. The maximum absolute atomic E-state index is 12.4. The van der Waals surface area contributed by atoms with Gasteiger partial charge in [0, 0.05) is 11.3 Å². The molecular weight excluding hydrogens is 352 g/mol. The molecule has 134 valence electrons. The lowest BCUT2D eigenvalue weighted by Crippen LogP contribution is -2.32. The van der Waals surface area contributed by atoms with E-state index in [1.807, 2.05) is 24.3 Å². The van der Waals surface area contributed by atoms with Crippen LogP contribution in [0.5, 0.6) is 0 Å². The monoisotopic (exact) mass is 370 g/mol. The predicted octanol–water partition coefficient (Wildman–Crippen LogP) is 3.30. The van der Waals surface area contributed by atoms with Gasteiger partial charge in [0.15, 0.2) is 0 Å². The molecule has 1 aliphatic rings. The number of hydrogen-bond acceptors (Lipinski definition) is 5. The Labute approximate surface area is 155 Å². The zero-order valence-electron chi connectivity index (χ0n) is 14.2. The van der Waals surface area contributed by atoms with Gasteiger partial charge < -0.3 is 15.4 Å². The van der Waals surface area contributed by atoms with E-state index in [9.17, 15) is 14.4 Å². The molecule has 0 aliphatic carbocycles. The van der Waals surface area contributed by atoms with Gasteiger partial charge in [0.25, 0.3) is 0 Å². The molecule has 6 nitrogen and oxygen atoms in total. The Morgan fingerprint density at radius 3 is 2.69 bits per heavy atom. The number of esters is 1. The minimum absolute atomic E-state index is 0.00198. The van der Waals surface area contributed by atoms with Crippen molar-refractivity contribution in [2.45, 2.75) is 23.5 Å². The summed E-state index contributed by atoms with van der Waals surface area (Å²) < 4.78 is 5.00. The van der Waals surface area contributed by atoms with Gasteiger partial charge in [-0.2, -0.15) is 0 Å². The van der Waals surface area contributed by atoms with E-state index in [4.69, 9.17) is 4.74 Å². The van der Waals surface area contributed by atoms with Gasteiger partial charge in [-0.25, -0.2) is 4.79 Å². The average Bonchev–Trinajstić information content (AvgIpc) is 2.63. The summed E-state index contributed by atoms with van der Waals surface area (Å²) in [5.41, 5.74) is 1.41. The number of carbonyl (C=O) groups excluding carboxylic acids is 3. The van der Waals surface area contributed by atoms with Gasteiger partial charge in [0.1, 0.15) is 0 Å². The third-order valence-corrected chi connectivity index (χ3v) is 5.05. The first kappa shape index (κ1) is 18.0. The van der Waals surface area contributed by atoms with Crippen LogP contribution in [0.1, 0.15) is 23.7 Å². The highest BCUT2D eigenvalue weighted by atomic mass is 32.2. The van der Waals surface area contributed by atoms with Gasteiger partial charge in [-0.3, -0.25) is 9.59 Å². The number of nitrogens with one attached hydrogen (secondary N) is 2. The molecule has 1 heterocycles. The van der Waals surface area contributed by atoms with E-state index in [1.54, 1.807) is 31.2 Å². The van der Waals surface area contributed by atoms with E-state index >= 15 is 0 Å². The Bertz CT molecular complexity index is 853. The third-order valence-electron chi connectivity index (χ3n) is 3.77. The van der Waals surface area contributed by atoms with Crippen molar-refractivity contribution in [1.82, 2.24) is 0 Å². The summed E-state index contributed by atoms with van der Waals surface area (Å²) in [5.74, 6) is -1.04. The number of carbonyl (C=O) groups is 3. The standard InChI is InChI=1S/C19H18N2O4S/c1-2-25-19(24)12-7-3-4-8-13(12)20-17(22)11-16-18(23)21-14-9-5-6-10-15(14)26-16/h3-10,16H,2,11H2,1H3,(H,20,22)(H,21,23). The van der Waals surface area contributed by atoms with Gasteiger partial charge in [-0.1, -0.05) is 24.3 Å². The second kappa shape index (κ2) is 8.05. The Kier molecular flexibility index (Phi) is 5.58. The molecule has 0 fully saturated rings. The van der Waals surface area contributed by atoms with E-state index in [-0.39, 0.29) is 30.4 Å². The van der Waals surface area contributed by atoms with Crippen molar-refractivity contribution in [3.8, 4) is 0 Å². The van der Waals surface area contributed by atoms with Crippen molar-refractivity contribution in [1.29, 1.82) is 0 Å². The van der Waals surface area contributed by atoms with Crippen LogP contribution in [0.3, 0.4) is 0 Å². The van der Waals surface area contributed by atoms with Crippen molar-refractivity contribution in [3.05, 3.63) is 54.1 Å². The Hall–Kier alpha value is -2.80. The van der Waals surface area contributed by atoms with Gasteiger partial charge in [-0.05, 0) is 31.2 Å². The SMILES string of the molecule is CCOC(=O)c1ccccc1NC(=O)CC1Sc2ccccc2NC1=O. The van der Waals surface area contributed by atoms with Gasteiger partial charge in [0.2, 0.25) is 11.8 Å². The van der Waals surface area contributed by atoms with Gasteiger partial charge >= 0.3 is 5.97 Å². The van der Waals surface area contributed by atoms with E-state index in [0.29, 0.717) is 5.69 Å². The molecule has 3 rings (SSSR count). The molecule has 2 amide bonds. The summed E-state index contributed by atoms with van der Waals surface area (Å²) in [6.07, 6.45) is 0.00198. The van der Waals surface area contributed by atoms with Crippen molar-refractivity contribution < 1.29 is 19.1 Å². The van der Waals surface area contributed by atoms with E-state index in [1.165, 1.54) is 11.8 Å². The molecule has 0 spiro atoms. The highest BCUT2D eigenvalue weighted by Gasteiger charge is 2.29. The van der Waals surface area contributed by atoms with Crippen molar-refractivity contribution in [2.24, 2.45) is 0 Å². The number of hydrogen-bond donors (Lipinski definition) is 2. The number of fused-ring (bicyclic) bond motifs is 1. The summed E-state index contributed by atoms with van der Waals surface area (Å²) in [6.45, 7) is 1.97. The van der Waals surface area contributed by atoms with Crippen LogP contribution < -0.4 is 10.6 Å². The summed E-state index contributed by atoms with van der Waals surface area (Å²) in [6, 6.07) is 14.1. The molecule has 1 atom stereocenters. The molecule has 0 saturated heterocycles. The molecule has 1 unspecified atom stereocenters. The predicted molar refractivity (Wildman–Crippen MR) is 100 cm³/mol. The number of ether oxygens (including phenoxy) is 1. The summed E-state index contributed by atoms with van der Waals surface area (Å²) in [5, 5.41) is 4.99. The highest BCUT2D eigenvalue weighted by molar-refractivity contribution is 8.01. The average molecular weight is 370 g/mol. The molecule has 0 radical (unpaired) electrons. The molecule has 2 aromatic rings.